The van der Waals surface area contributed by atoms with E-state index in [9.17, 15) is 9.59 Å². The third-order valence-corrected chi connectivity index (χ3v) is 2.24. The number of fused-ring (bicyclic) bond motifs is 1. The molecule has 1 aliphatic rings. The van der Waals surface area contributed by atoms with Crippen LogP contribution in [-0.2, 0) is 16.0 Å². The first-order valence-electron chi connectivity index (χ1n) is 5.02. The highest BCUT2D eigenvalue weighted by Gasteiger charge is 2.14. The summed E-state index contributed by atoms with van der Waals surface area (Å²) < 4.78 is 10.3. The van der Waals surface area contributed by atoms with Gasteiger partial charge in [0.1, 0.15) is 6.54 Å². The lowest BCUT2D eigenvalue weighted by atomic mass is 10.1. The van der Waals surface area contributed by atoms with Gasteiger partial charge in [-0.3, -0.25) is 9.59 Å². The van der Waals surface area contributed by atoms with Crippen LogP contribution in [0.2, 0.25) is 0 Å². The highest BCUT2D eigenvalue weighted by Crippen LogP contribution is 2.32. The van der Waals surface area contributed by atoms with Gasteiger partial charge >= 0.3 is 5.97 Å². The van der Waals surface area contributed by atoms with Gasteiger partial charge in [0.05, 0.1) is 6.42 Å². The van der Waals surface area contributed by atoms with E-state index >= 15 is 0 Å². The van der Waals surface area contributed by atoms with E-state index in [0.29, 0.717) is 11.5 Å². The number of rotatable bonds is 4. The second-order valence-electron chi connectivity index (χ2n) is 3.53. The first-order valence-corrected chi connectivity index (χ1v) is 5.02. The Bertz CT molecular complexity index is 457. The van der Waals surface area contributed by atoms with Crippen LogP contribution >= 0.6 is 0 Å². The van der Waals surface area contributed by atoms with E-state index in [1.807, 2.05) is 0 Å². The van der Waals surface area contributed by atoms with Crippen molar-refractivity contribution in [2.75, 3.05) is 13.3 Å². The van der Waals surface area contributed by atoms with E-state index in [-0.39, 0.29) is 25.7 Å². The smallest absolute Gasteiger partial charge is 0.322 e. The summed E-state index contributed by atoms with van der Waals surface area (Å²) in [7, 11) is 0. The monoisotopic (exact) mass is 237 g/mol. The second-order valence-corrected chi connectivity index (χ2v) is 3.53. The number of carbonyl (C=O) groups is 2. The fourth-order valence-corrected chi connectivity index (χ4v) is 1.47. The number of aliphatic carboxylic acids is 1. The predicted molar refractivity (Wildman–Crippen MR) is 56.9 cm³/mol. The van der Waals surface area contributed by atoms with Gasteiger partial charge in [0, 0.05) is 0 Å². The average molecular weight is 237 g/mol. The first kappa shape index (κ1) is 11.3. The maximum absolute atomic E-state index is 11.4. The number of carboxylic acids is 1. The van der Waals surface area contributed by atoms with E-state index in [1.165, 1.54) is 0 Å². The molecule has 2 rings (SSSR count). The van der Waals surface area contributed by atoms with Crippen LogP contribution in [0.1, 0.15) is 5.56 Å². The molecule has 17 heavy (non-hydrogen) atoms. The van der Waals surface area contributed by atoms with Gasteiger partial charge in [0.25, 0.3) is 0 Å². The van der Waals surface area contributed by atoms with Crippen LogP contribution in [0.15, 0.2) is 18.2 Å². The zero-order valence-corrected chi connectivity index (χ0v) is 8.93. The van der Waals surface area contributed by atoms with Gasteiger partial charge in [-0.25, -0.2) is 0 Å². The predicted octanol–water partition coefficient (Wildman–Crippen LogP) is 0.159. The molecule has 0 fully saturated rings. The highest BCUT2D eigenvalue weighted by molar-refractivity contribution is 5.82. The van der Waals surface area contributed by atoms with Crippen LogP contribution in [0.25, 0.3) is 0 Å². The Morgan fingerprint density at radius 3 is 2.82 bits per heavy atom. The molecule has 1 aromatic carbocycles. The van der Waals surface area contributed by atoms with Crippen LogP contribution in [-0.4, -0.2) is 30.3 Å². The minimum absolute atomic E-state index is 0.115. The Hall–Kier alpha value is -2.24. The van der Waals surface area contributed by atoms with Gasteiger partial charge < -0.3 is 19.9 Å². The van der Waals surface area contributed by atoms with E-state index in [1.54, 1.807) is 18.2 Å². The standard InChI is InChI=1S/C11H11NO5/c13-10(12-5-11(14)15)4-7-1-2-8-9(3-7)17-6-16-8/h1-3H,4-6H2,(H,12,13)(H,14,15). The molecule has 1 amide bonds. The van der Waals surface area contributed by atoms with Crippen LogP contribution in [0, 0.1) is 0 Å². The molecule has 0 aliphatic carbocycles. The van der Waals surface area contributed by atoms with Crippen molar-refractivity contribution in [3.8, 4) is 11.5 Å². The maximum atomic E-state index is 11.4. The number of hydrogen-bond donors (Lipinski definition) is 2. The summed E-state index contributed by atoms with van der Waals surface area (Å²) >= 11 is 0. The van der Waals surface area contributed by atoms with Crippen molar-refractivity contribution in [2.24, 2.45) is 0 Å². The number of benzene rings is 1. The topological polar surface area (TPSA) is 84.9 Å². The Morgan fingerprint density at radius 1 is 1.29 bits per heavy atom. The number of carbonyl (C=O) groups excluding carboxylic acids is 1. The molecule has 1 aromatic rings. The number of hydrogen-bond acceptors (Lipinski definition) is 4. The molecule has 0 unspecified atom stereocenters. The van der Waals surface area contributed by atoms with Gasteiger partial charge in [-0.1, -0.05) is 6.07 Å². The Labute approximate surface area is 97.1 Å². The lowest BCUT2D eigenvalue weighted by Gasteiger charge is -2.03. The maximum Gasteiger partial charge on any atom is 0.322 e. The molecule has 6 heteroatoms. The van der Waals surface area contributed by atoms with Crippen LogP contribution in [0.5, 0.6) is 11.5 Å². The molecule has 2 N–H and O–H groups in total. The van der Waals surface area contributed by atoms with Crippen LogP contribution in [0.3, 0.4) is 0 Å². The molecule has 0 bridgehead atoms. The van der Waals surface area contributed by atoms with Crippen LogP contribution in [0.4, 0.5) is 0 Å². The zero-order chi connectivity index (χ0) is 12.3. The highest BCUT2D eigenvalue weighted by atomic mass is 16.7. The van der Waals surface area contributed by atoms with E-state index in [0.717, 1.165) is 5.56 Å². The molecule has 0 saturated carbocycles. The third kappa shape index (κ3) is 2.87. The number of nitrogens with one attached hydrogen (secondary N) is 1. The molecule has 1 aliphatic heterocycles. The van der Waals surface area contributed by atoms with Gasteiger partial charge in [0.2, 0.25) is 12.7 Å². The summed E-state index contributed by atoms with van der Waals surface area (Å²) in [4.78, 5) is 21.6. The first-order chi connectivity index (χ1) is 8.15. The molecule has 0 aromatic heterocycles. The van der Waals surface area contributed by atoms with Crippen molar-refractivity contribution in [1.29, 1.82) is 0 Å². The largest absolute Gasteiger partial charge is 0.480 e. The summed E-state index contributed by atoms with van der Waals surface area (Å²) in [6.07, 6.45) is 0.115. The Balaban J connectivity index is 1.95. The van der Waals surface area contributed by atoms with Gasteiger partial charge in [-0.2, -0.15) is 0 Å². The van der Waals surface area contributed by atoms with Gasteiger partial charge in [-0.15, -0.1) is 0 Å². The van der Waals surface area contributed by atoms with E-state index in [2.05, 4.69) is 5.32 Å². The lowest BCUT2D eigenvalue weighted by Crippen LogP contribution is -2.30. The van der Waals surface area contributed by atoms with E-state index in [4.69, 9.17) is 14.6 Å². The summed E-state index contributed by atoms with van der Waals surface area (Å²) in [6, 6.07) is 5.18. The van der Waals surface area contributed by atoms with Crippen molar-refractivity contribution < 1.29 is 24.2 Å². The Morgan fingerprint density at radius 2 is 2.06 bits per heavy atom. The van der Waals surface area contributed by atoms with Crippen LogP contribution < -0.4 is 14.8 Å². The summed E-state index contributed by atoms with van der Waals surface area (Å²) in [5.41, 5.74) is 0.747. The number of carboxylic acid groups (broad SMARTS) is 1. The van der Waals surface area contributed by atoms with E-state index < -0.39 is 5.97 Å². The minimum atomic E-state index is -1.07. The van der Waals surface area contributed by atoms with Crippen molar-refractivity contribution >= 4 is 11.9 Å². The summed E-state index contributed by atoms with van der Waals surface area (Å²) in [5.74, 6) is -0.150. The third-order valence-electron chi connectivity index (χ3n) is 2.24. The fraction of sp³-hybridized carbons (Fsp3) is 0.273. The molecule has 6 nitrogen and oxygen atoms in total. The van der Waals surface area contributed by atoms with Crippen molar-refractivity contribution in [2.45, 2.75) is 6.42 Å². The number of amides is 1. The van der Waals surface area contributed by atoms with Crippen molar-refractivity contribution in [1.82, 2.24) is 5.32 Å². The average Bonchev–Trinajstić information content (AvgIpc) is 2.73. The Kier molecular flexibility index (Phi) is 3.13. The molecule has 0 radical (unpaired) electrons. The van der Waals surface area contributed by atoms with Crippen molar-refractivity contribution in [3.05, 3.63) is 23.8 Å². The van der Waals surface area contributed by atoms with Crippen molar-refractivity contribution in [3.63, 3.8) is 0 Å². The SMILES string of the molecule is O=C(O)CNC(=O)Cc1ccc2c(c1)OCO2. The zero-order valence-electron chi connectivity index (χ0n) is 8.93. The quantitative estimate of drug-likeness (QED) is 0.779. The normalized spacial score (nSPS) is 12.2. The fourth-order valence-electron chi connectivity index (χ4n) is 1.47. The molecular weight excluding hydrogens is 226 g/mol. The molecular formula is C11H11NO5. The molecule has 90 valence electrons. The van der Waals surface area contributed by atoms with Gasteiger partial charge in [0.15, 0.2) is 11.5 Å². The van der Waals surface area contributed by atoms with Gasteiger partial charge in [-0.05, 0) is 17.7 Å². The molecule has 0 atom stereocenters. The molecule has 1 heterocycles. The minimum Gasteiger partial charge on any atom is -0.480 e. The number of ether oxygens (including phenoxy) is 2. The molecule has 0 spiro atoms. The lowest BCUT2D eigenvalue weighted by molar-refractivity contribution is -0.137. The summed E-state index contributed by atoms with van der Waals surface area (Å²) in [6.45, 7) is -0.187. The summed E-state index contributed by atoms with van der Waals surface area (Å²) in [5, 5.41) is 10.7. The molecule has 0 saturated heterocycles. The second kappa shape index (κ2) is 4.73.